The Bertz CT molecular complexity index is 781. The highest BCUT2D eigenvalue weighted by Crippen LogP contribution is 2.26. The molecule has 0 aliphatic carbocycles. The van der Waals surface area contributed by atoms with Gasteiger partial charge in [-0.3, -0.25) is 4.98 Å². The van der Waals surface area contributed by atoms with Crippen molar-refractivity contribution >= 4 is 17.1 Å². The van der Waals surface area contributed by atoms with Crippen molar-refractivity contribution in [1.82, 2.24) is 14.8 Å². The first-order valence-corrected chi connectivity index (χ1v) is 5.56. The van der Waals surface area contributed by atoms with Crippen LogP contribution in [-0.2, 0) is 0 Å². The summed E-state index contributed by atoms with van der Waals surface area (Å²) in [6, 6.07) is 8.60. The Morgan fingerprint density at radius 1 is 1.26 bits per heavy atom. The van der Waals surface area contributed by atoms with Crippen LogP contribution in [0.25, 0.3) is 22.3 Å². The van der Waals surface area contributed by atoms with Gasteiger partial charge in [-0.1, -0.05) is 12.1 Å². The Morgan fingerprint density at radius 2 is 2.11 bits per heavy atom. The SMILES string of the molecule is NC(=O)n1nc(-c2cccc(F)c2)c2ncccc21. The van der Waals surface area contributed by atoms with E-state index >= 15 is 0 Å². The lowest BCUT2D eigenvalue weighted by molar-refractivity contribution is 0.248. The molecule has 1 aromatic carbocycles. The summed E-state index contributed by atoms with van der Waals surface area (Å²) in [6.07, 6.45) is 1.58. The molecule has 0 fully saturated rings. The van der Waals surface area contributed by atoms with E-state index in [9.17, 15) is 9.18 Å². The number of nitrogens with zero attached hydrogens (tertiary/aromatic N) is 3. The van der Waals surface area contributed by atoms with Crippen LogP contribution in [0, 0.1) is 5.82 Å². The predicted octanol–water partition coefficient (Wildman–Crippen LogP) is 2.16. The van der Waals surface area contributed by atoms with E-state index in [1.807, 2.05) is 0 Å². The van der Waals surface area contributed by atoms with E-state index < -0.39 is 6.03 Å². The summed E-state index contributed by atoms with van der Waals surface area (Å²) in [5.41, 5.74) is 7.23. The Labute approximate surface area is 107 Å². The van der Waals surface area contributed by atoms with Crippen LogP contribution in [0.5, 0.6) is 0 Å². The minimum Gasteiger partial charge on any atom is -0.350 e. The van der Waals surface area contributed by atoms with Gasteiger partial charge in [-0.25, -0.2) is 9.18 Å². The molecule has 94 valence electrons. The molecule has 0 saturated carbocycles. The largest absolute Gasteiger partial charge is 0.350 e. The summed E-state index contributed by atoms with van der Waals surface area (Å²) in [6.45, 7) is 0. The fourth-order valence-corrected chi connectivity index (χ4v) is 1.95. The maximum Gasteiger partial charge on any atom is 0.340 e. The van der Waals surface area contributed by atoms with Gasteiger partial charge in [0.1, 0.15) is 17.0 Å². The minimum absolute atomic E-state index is 0.379. The second kappa shape index (κ2) is 4.16. The lowest BCUT2D eigenvalue weighted by Gasteiger charge is -1.96. The van der Waals surface area contributed by atoms with Gasteiger partial charge in [0.15, 0.2) is 0 Å². The van der Waals surface area contributed by atoms with E-state index in [1.165, 1.54) is 12.1 Å². The first kappa shape index (κ1) is 11.3. The smallest absolute Gasteiger partial charge is 0.340 e. The molecule has 0 aliphatic rings. The second-order valence-electron chi connectivity index (χ2n) is 3.98. The molecule has 2 aromatic heterocycles. The van der Waals surface area contributed by atoms with Crippen LogP contribution in [0.1, 0.15) is 0 Å². The molecule has 3 aromatic rings. The monoisotopic (exact) mass is 256 g/mol. The van der Waals surface area contributed by atoms with Crippen molar-refractivity contribution in [3.05, 3.63) is 48.4 Å². The summed E-state index contributed by atoms with van der Waals surface area (Å²) in [7, 11) is 0. The zero-order valence-electron chi connectivity index (χ0n) is 9.75. The molecular formula is C13H9FN4O. The van der Waals surface area contributed by atoms with Crippen molar-refractivity contribution in [2.75, 3.05) is 0 Å². The molecule has 0 aliphatic heterocycles. The molecule has 3 rings (SSSR count). The summed E-state index contributed by atoms with van der Waals surface area (Å²) in [5, 5.41) is 4.11. The van der Waals surface area contributed by atoms with Crippen molar-refractivity contribution in [3.63, 3.8) is 0 Å². The number of carbonyl (C=O) groups is 1. The van der Waals surface area contributed by atoms with E-state index in [1.54, 1.807) is 30.5 Å². The molecule has 0 bridgehead atoms. The average Bonchev–Trinajstić information content (AvgIpc) is 2.78. The molecular weight excluding hydrogens is 247 g/mol. The molecule has 2 heterocycles. The van der Waals surface area contributed by atoms with Crippen LogP contribution >= 0.6 is 0 Å². The second-order valence-corrected chi connectivity index (χ2v) is 3.98. The Hall–Kier alpha value is -2.76. The molecule has 2 N–H and O–H groups in total. The van der Waals surface area contributed by atoms with Crippen LogP contribution in [0.4, 0.5) is 9.18 Å². The van der Waals surface area contributed by atoms with Crippen molar-refractivity contribution in [1.29, 1.82) is 0 Å². The van der Waals surface area contributed by atoms with Gasteiger partial charge in [-0.2, -0.15) is 9.78 Å². The van der Waals surface area contributed by atoms with Crippen molar-refractivity contribution in [3.8, 4) is 11.3 Å². The number of fused-ring (bicyclic) bond motifs is 1. The number of primary amides is 1. The third-order valence-electron chi connectivity index (χ3n) is 2.75. The van der Waals surface area contributed by atoms with Crippen molar-refractivity contribution < 1.29 is 9.18 Å². The van der Waals surface area contributed by atoms with E-state index in [0.717, 1.165) is 4.68 Å². The number of nitrogens with two attached hydrogens (primary N) is 1. The highest BCUT2D eigenvalue weighted by Gasteiger charge is 2.15. The van der Waals surface area contributed by atoms with Gasteiger partial charge in [0.2, 0.25) is 0 Å². The van der Waals surface area contributed by atoms with E-state index in [4.69, 9.17) is 5.73 Å². The third kappa shape index (κ3) is 1.83. The van der Waals surface area contributed by atoms with E-state index in [2.05, 4.69) is 10.1 Å². The van der Waals surface area contributed by atoms with Gasteiger partial charge in [0.05, 0.1) is 5.52 Å². The number of carbonyl (C=O) groups excluding carboxylic acids is 1. The number of hydrogen-bond donors (Lipinski definition) is 1. The van der Waals surface area contributed by atoms with Crippen LogP contribution in [-0.4, -0.2) is 20.8 Å². The zero-order valence-corrected chi connectivity index (χ0v) is 9.75. The number of benzene rings is 1. The Balaban J connectivity index is 2.33. The standard InChI is InChI=1S/C13H9FN4O/c14-9-4-1-3-8(7-9)11-12-10(5-2-6-16-12)18(17-11)13(15)19/h1-7H,(H2,15,19). The molecule has 0 unspecified atom stereocenters. The maximum atomic E-state index is 13.3. The zero-order chi connectivity index (χ0) is 13.4. The maximum absolute atomic E-state index is 13.3. The molecule has 0 radical (unpaired) electrons. The van der Waals surface area contributed by atoms with Crippen LogP contribution < -0.4 is 5.73 Å². The molecule has 0 atom stereocenters. The average molecular weight is 256 g/mol. The number of halogens is 1. The lowest BCUT2D eigenvalue weighted by Crippen LogP contribution is -2.20. The molecule has 19 heavy (non-hydrogen) atoms. The fourth-order valence-electron chi connectivity index (χ4n) is 1.95. The van der Waals surface area contributed by atoms with Crippen molar-refractivity contribution in [2.24, 2.45) is 5.73 Å². The van der Waals surface area contributed by atoms with E-state index in [-0.39, 0.29) is 5.82 Å². The van der Waals surface area contributed by atoms with Crippen LogP contribution in [0.2, 0.25) is 0 Å². The van der Waals surface area contributed by atoms with Gasteiger partial charge in [-0.15, -0.1) is 0 Å². The Morgan fingerprint density at radius 3 is 2.84 bits per heavy atom. The number of hydrogen-bond acceptors (Lipinski definition) is 3. The van der Waals surface area contributed by atoms with Gasteiger partial charge < -0.3 is 5.73 Å². The molecule has 6 heteroatoms. The van der Waals surface area contributed by atoms with E-state index in [0.29, 0.717) is 22.3 Å². The van der Waals surface area contributed by atoms with Crippen LogP contribution in [0.15, 0.2) is 42.6 Å². The number of aromatic nitrogens is 3. The normalized spacial score (nSPS) is 10.8. The molecule has 1 amide bonds. The summed E-state index contributed by atoms with van der Waals surface area (Å²) in [4.78, 5) is 15.5. The number of amides is 1. The highest BCUT2D eigenvalue weighted by atomic mass is 19.1. The number of rotatable bonds is 1. The third-order valence-corrected chi connectivity index (χ3v) is 2.75. The topological polar surface area (TPSA) is 73.8 Å². The van der Waals surface area contributed by atoms with Gasteiger partial charge in [-0.05, 0) is 24.3 Å². The predicted molar refractivity (Wildman–Crippen MR) is 67.9 cm³/mol. The summed E-state index contributed by atoms with van der Waals surface area (Å²) < 4.78 is 14.3. The summed E-state index contributed by atoms with van der Waals surface area (Å²) >= 11 is 0. The van der Waals surface area contributed by atoms with Crippen molar-refractivity contribution in [2.45, 2.75) is 0 Å². The first-order chi connectivity index (χ1) is 9.16. The molecule has 0 saturated heterocycles. The van der Waals surface area contributed by atoms with Gasteiger partial charge in [0, 0.05) is 11.8 Å². The summed E-state index contributed by atoms with van der Waals surface area (Å²) in [5.74, 6) is -0.379. The van der Waals surface area contributed by atoms with Crippen LogP contribution in [0.3, 0.4) is 0 Å². The lowest BCUT2D eigenvalue weighted by atomic mass is 10.1. The fraction of sp³-hybridized carbons (Fsp3) is 0. The van der Waals surface area contributed by atoms with Gasteiger partial charge in [0.25, 0.3) is 0 Å². The quantitative estimate of drug-likeness (QED) is 0.725. The van der Waals surface area contributed by atoms with Gasteiger partial charge >= 0.3 is 6.03 Å². The minimum atomic E-state index is -0.708. The number of pyridine rings is 1. The first-order valence-electron chi connectivity index (χ1n) is 5.56. The highest BCUT2D eigenvalue weighted by molar-refractivity contribution is 5.95. The Kier molecular flexibility index (Phi) is 2.49. The molecule has 0 spiro atoms. The molecule has 5 nitrogen and oxygen atoms in total.